The highest BCUT2D eigenvalue weighted by molar-refractivity contribution is 7.99. The molecule has 3 aromatic rings. The van der Waals surface area contributed by atoms with Gasteiger partial charge in [-0.3, -0.25) is 0 Å². The molecule has 0 aliphatic carbocycles. The number of aliphatic hydroxyl groups is 1. The minimum Gasteiger partial charge on any atom is -0.396 e. The second-order valence-corrected chi connectivity index (χ2v) is 7.91. The summed E-state index contributed by atoms with van der Waals surface area (Å²) in [6, 6.07) is 7.37. The van der Waals surface area contributed by atoms with Crippen molar-refractivity contribution in [3.63, 3.8) is 0 Å². The Morgan fingerprint density at radius 2 is 2.07 bits per heavy atom. The van der Waals surface area contributed by atoms with E-state index in [1.54, 1.807) is 10.7 Å². The molecule has 3 heterocycles. The molecular formula is C17H17ClF2N6OS. The molecule has 1 fully saturated rings. The lowest BCUT2D eigenvalue weighted by molar-refractivity contribution is 0.0257. The van der Waals surface area contributed by atoms with Crippen LogP contribution in [0.5, 0.6) is 0 Å². The van der Waals surface area contributed by atoms with Gasteiger partial charge in [0, 0.05) is 23.7 Å². The van der Waals surface area contributed by atoms with Crippen molar-refractivity contribution in [1.82, 2.24) is 25.0 Å². The third kappa shape index (κ3) is 3.89. The summed E-state index contributed by atoms with van der Waals surface area (Å²) in [6.07, 6.45) is -0.231. The molecule has 1 saturated heterocycles. The first kappa shape index (κ1) is 19.3. The molecule has 1 N–H and O–H groups in total. The topological polar surface area (TPSA) is 80.0 Å². The van der Waals surface area contributed by atoms with Crippen molar-refractivity contribution in [2.24, 2.45) is 0 Å². The van der Waals surface area contributed by atoms with Crippen LogP contribution in [0.3, 0.4) is 0 Å². The molecule has 11 heteroatoms. The van der Waals surface area contributed by atoms with Crippen molar-refractivity contribution in [3.05, 3.63) is 34.9 Å². The van der Waals surface area contributed by atoms with Crippen molar-refractivity contribution < 1.29 is 13.9 Å². The minimum absolute atomic E-state index is 0.0414. The predicted octanol–water partition coefficient (Wildman–Crippen LogP) is 2.85. The number of anilines is 1. The van der Waals surface area contributed by atoms with Crippen LogP contribution in [0.4, 0.5) is 14.6 Å². The third-order valence-electron chi connectivity index (χ3n) is 4.39. The number of aromatic nitrogens is 5. The first-order chi connectivity index (χ1) is 13.5. The Labute approximate surface area is 168 Å². The Hall–Kier alpha value is -2.04. The molecule has 4 rings (SSSR count). The zero-order chi connectivity index (χ0) is 19.7. The highest BCUT2D eigenvalue weighted by Gasteiger charge is 2.40. The Bertz CT molecular complexity index is 1000. The maximum absolute atomic E-state index is 13.7. The van der Waals surface area contributed by atoms with E-state index < -0.39 is 12.5 Å². The maximum atomic E-state index is 13.7. The van der Waals surface area contributed by atoms with Crippen LogP contribution in [0.2, 0.25) is 5.02 Å². The maximum Gasteiger partial charge on any atom is 0.266 e. The molecule has 0 saturated carbocycles. The Balaban J connectivity index is 1.76. The number of hydrogen-bond acceptors (Lipinski definition) is 7. The van der Waals surface area contributed by atoms with Crippen molar-refractivity contribution >= 4 is 40.3 Å². The van der Waals surface area contributed by atoms with Gasteiger partial charge in [-0.2, -0.15) is 0 Å². The number of rotatable bonds is 6. The van der Waals surface area contributed by atoms with Crippen LogP contribution in [0.25, 0.3) is 11.2 Å². The van der Waals surface area contributed by atoms with Crippen molar-refractivity contribution in [3.8, 4) is 0 Å². The highest BCUT2D eigenvalue weighted by Crippen LogP contribution is 2.34. The zero-order valence-corrected chi connectivity index (χ0v) is 16.3. The molecule has 2 aromatic heterocycles. The summed E-state index contributed by atoms with van der Waals surface area (Å²) in [6.45, 7) is 0.0639. The van der Waals surface area contributed by atoms with E-state index in [0.29, 0.717) is 39.5 Å². The normalized spacial score (nSPS) is 16.2. The predicted molar refractivity (Wildman–Crippen MR) is 103 cm³/mol. The molecule has 0 radical (unpaired) electrons. The standard InChI is InChI=1S/C17H17ClF2N6OS/c18-12-4-2-1-3-11(12)9-26-15-13(23-24-26)14(21-16(22-15)28-8-7-27)25-6-5-17(19,20)10-25/h1-4,27H,5-10H2. The fourth-order valence-electron chi connectivity index (χ4n) is 3.06. The quantitative estimate of drug-likeness (QED) is 0.479. The minimum atomic E-state index is -2.76. The molecule has 28 heavy (non-hydrogen) atoms. The number of benzene rings is 1. The molecule has 1 aliphatic rings. The van der Waals surface area contributed by atoms with E-state index in [4.69, 9.17) is 16.7 Å². The van der Waals surface area contributed by atoms with Gasteiger partial charge in [0.25, 0.3) is 5.92 Å². The first-order valence-corrected chi connectivity index (χ1v) is 10.0. The van der Waals surface area contributed by atoms with Crippen molar-refractivity contribution in [2.45, 2.75) is 24.0 Å². The van der Waals surface area contributed by atoms with Crippen LogP contribution >= 0.6 is 23.4 Å². The summed E-state index contributed by atoms with van der Waals surface area (Å²) in [7, 11) is 0. The number of nitrogens with zero attached hydrogens (tertiary/aromatic N) is 6. The second-order valence-electron chi connectivity index (χ2n) is 6.44. The molecular weight excluding hydrogens is 410 g/mol. The van der Waals surface area contributed by atoms with Crippen LogP contribution in [-0.2, 0) is 6.54 Å². The summed E-state index contributed by atoms with van der Waals surface area (Å²) >= 11 is 7.49. The smallest absolute Gasteiger partial charge is 0.266 e. The molecule has 7 nitrogen and oxygen atoms in total. The zero-order valence-electron chi connectivity index (χ0n) is 14.7. The number of fused-ring (bicyclic) bond motifs is 1. The molecule has 0 amide bonds. The number of alkyl halides is 2. The lowest BCUT2D eigenvalue weighted by Gasteiger charge is -2.17. The number of halogens is 3. The second kappa shape index (κ2) is 7.76. The first-order valence-electron chi connectivity index (χ1n) is 8.68. The largest absolute Gasteiger partial charge is 0.396 e. The van der Waals surface area contributed by atoms with Gasteiger partial charge in [0.15, 0.2) is 22.1 Å². The molecule has 0 atom stereocenters. The average molecular weight is 427 g/mol. The van der Waals surface area contributed by atoms with E-state index in [0.717, 1.165) is 5.56 Å². The van der Waals surface area contributed by atoms with Crippen LogP contribution in [0, 0.1) is 0 Å². The van der Waals surface area contributed by atoms with E-state index in [2.05, 4.69) is 20.3 Å². The van der Waals surface area contributed by atoms with Gasteiger partial charge in [0.2, 0.25) is 0 Å². The SMILES string of the molecule is OCCSc1nc(N2CCC(F)(F)C2)c2nnn(Cc3ccccc3Cl)c2n1. The van der Waals surface area contributed by atoms with E-state index in [1.165, 1.54) is 16.7 Å². The van der Waals surface area contributed by atoms with Gasteiger partial charge < -0.3 is 10.0 Å². The van der Waals surface area contributed by atoms with E-state index in [9.17, 15) is 8.78 Å². The molecule has 1 aromatic carbocycles. The van der Waals surface area contributed by atoms with E-state index >= 15 is 0 Å². The molecule has 0 spiro atoms. The molecule has 0 bridgehead atoms. The van der Waals surface area contributed by atoms with Crippen LogP contribution in [-0.4, -0.2) is 61.4 Å². The van der Waals surface area contributed by atoms with Gasteiger partial charge in [-0.25, -0.2) is 23.4 Å². The summed E-state index contributed by atoms with van der Waals surface area (Å²) < 4.78 is 29.1. The van der Waals surface area contributed by atoms with Crippen LogP contribution in [0.15, 0.2) is 29.4 Å². The monoisotopic (exact) mass is 426 g/mol. The molecule has 148 valence electrons. The fourth-order valence-corrected chi connectivity index (χ4v) is 3.83. The summed E-state index contributed by atoms with van der Waals surface area (Å²) in [5.74, 6) is -2.02. The van der Waals surface area contributed by atoms with Crippen molar-refractivity contribution in [2.75, 3.05) is 30.3 Å². The highest BCUT2D eigenvalue weighted by atomic mass is 35.5. The Morgan fingerprint density at radius 1 is 1.25 bits per heavy atom. The lowest BCUT2D eigenvalue weighted by atomic mass is 10.2. The third-order valence-corrected chi connectivity index (χ3v) is 5.59. The van der Waals surface area contributed by atoms with E-state index in [1.807, 2.05) is 18.2 Å². The fraction of sp³-hybridized carbons (Fsp3) is 0.412. The van der Waals surface area contributed by atoms with Gasteiger partial charge in [0.1, 0.15) is 0 Å². The number of thioether (sulfide) groups is 1. The van der Waals surface area contributed by atoms with Gasteiger partial charge in [-0.1, -0.05) is 46.8 Å². The van der Waals surface area contributed by atoms with Gasteiger partial charge in [-0.05, 0) is 11.6 Å². The summed E-state index contributed by atoms with van der Waals surface area (Å²) in [5.41, 5.74) is 1.66. The Morgan fingerprint density at radius 3 is 2.79 bits per heavy atom. The van der Waals surface area contributed by atoms with Gasteiger partial charge in [0.05, 0.1) is 19.7 Å². The number of aliphatic hydroxyl groups excluding tert-OH is 1. The Kier molecular flexibility index (Phi) is 5.35. The average Bonchev–Trinajstić information content (AvgIpc) is 3.24. The summed E-state index contributed by atoms with van der Waals surface area (Å²) in [5, 5.41) is 18.4. The molecule has 1 aliphatic heterocycles. The summed E-state index contributed by atoms with van der Waals surface area (Å²) in [4.78, 5) is 10.4. The number of hydrogen-bond donors (Lipinski definition) is 1. The molecule has 0 unspecified atom stereocenters. The van der Waals surface area contributed by atoms with Crippen LogP contribution in [0.1, 0.15) is 12.0 Å². The van der Waals surface area contributed by atoms with Crippen molar-refractivity contribution in [1.29, 1.82) is 0 Å². The van der Waals surface area contributed by atoms with Crippen LogP contribution < -0.4 is 4.90 Å². The lowest BCUT2D eigenvalue weighted by Crippen LogP contribution is -2.26. The van der Waals surface area contributed by atoms with Gasteiger partial charge >= 0.3 is 0 Å². The van der Waals surface area contributed by atoms with E-state index in [-0.39, 0.29) is 19.6 Å². The van der Waals surface area contributed by atoms with Gasteiger partial charge in [-0.15, -0.1) is 5.10 Å².